The third-order valence-corrected chi connectivity index (χ3v) is 9.11. The van der Waals surface area contributed by atoms with Gasteiger partial charge >= 0.3 is 0 Å². The van der Waals surface area contributed by atoms with Crippen molar-refractivity contribution < 1.29 is 0 Å². The van der Waals surface area contributed by atoms with Crippen molar-refractivity contribution in [2.45, 2.75) is 58.8 Å². The molecule has 1 N–H and O–H groups in total. The number of para-hydroxylation sites is 2. The Labute approximate surface area is 219 Å². The van der Waals surface area contributed by atoms with E-state index in [4.69, 9.17) is 11.6 Å². The number of hydrogen-bond acceptors (Lipinski definition) is 2. The average molecular weight is 487 g/mol. The summed E-state index contributed by atoms with van der Waals surface area (Å²) in [6.07, 6.45) is 12.9. The Morgan fingerprint density at radius 2 is 1.81 bits per heavy atom. The van der Waals surface area contributed by atoms with E-state index in [9.17, 15) is 0 Å². The van der Waals surface area contributed by atoms with E-state index in [0.29, 0.717) is 17.4 Å². The number of rotatable bonds is 2. The van der Waals surface area contributed by atoms with Crippen LogP contribution in [0.1, 0.15) is 68.5 Å². The molecule has 186 valence electrons. The third kappa shape index (κ3) is 3.75. The number of fused-ring (bicyclic) bond motifs is 2. The monoisotopic (exact) mass is 486 g/mol. The van der Waals surface area contributed by atoms with Gasteiger partial charge in [0.2, 0.25) is 5.70 Å². The topological polar surface area (TPSA) is 36.3 Å². The molecule has 1 aromatic heterocycles. The SMILES string of the molecule is [C-]#[N+]/C(=C1\C=C2C=C(c3cc4c5c(c3)CCCN5CCC4)CCC2C(C)(C)C1)c1nc2ccccc2[nH]1. The van der Waals surface area contributed by atoms with Gasteiger partial charge in [-0.3, -0.25) is 0 Å². The van der Waals surface area contributed by atoms with E-state index in [1.54, 1.807) is 16.8 Å². The highest BCUT2D eigenvalue weighted by atomic mass is 15.1. The van der Waals surface area contributed by atoms with Gasteiger partial charge in [-0.15, -0.1) is 0 Å². The predicted octanol–water partition coefficient (Wildman–Crippen LogP) is 7.74. The van der Waals surface area contributed by atoms with Gasteiger partial charge in [-0.1, -0.05) is 38.1 Å². The zero-order valence-corrected chi connectivity index (χ0v) is 21.9. The molecule has 37 heavy (non-hydrogen) atoms. The molecule has 3 heterocycles. The maximum absolute atomic E-state index is 8.06. The highest BCUT2D eigenvalue weighted by molar-refractivity contribution is 5.82. The zero-order valence-electron chi connectivity index (χ0n) is 21.9. The van der Waals surface area contributed by atoms with Crippen LogP contribution in [0.25, 0.3) is 27.1 Å². The number of H-pyrrole nitrogens is 1. The molecule has 2 aliphatic heterocycles. The van der Waals surface area contributed by atoms with Crippen molar-refractivity contribution in [3.8, 4) is 0 Å². The Morgan fingerprint density at radius 1 is 1.05 bits per heavy atom. The molecule has 1 atom stereocenters. The van der Waals surface area contributed by atoms with Gasteiger partial charge < -0.3 is 9.88 Å². The molecule has 0 radical (unpaired) electrons. The van der Waals surface area contributed by atoms with Crippen LogP contribution in [0.5, 0.6) is 0 Å². The normalized spacial score (nSPS) is 23.5. The van der Waals surface area contributed by atoms with Crippen molar-refractivity contribution in [1.82, 2.24) is 9.97 Å². The lowest BCUT2D eigenvalue weighted by molar-refractivity contribution is 0.228. The lowest BCUT2D eigenvalue weighted by atomic mass is 9.62. The van der Waals surface area contributed by atoms with Gasteiger partial charge in [0.1, 0.15) is 5.82 Å². The van der Waals surface area contributed by atoms with E-state index in [-0.39, 0.29) is 5.41 Å². The Morgan fingerprint density at radius 3 is 2.54 bits per heavy atom. The van der Waals surface area contributed by atoms with Crippen LogP contribution in [0.4, 0.5) is 5.69 Å². The van der Waals surface area contributed by atoms with Gasteiger partial charge in [-0.25, -0.2) is 9.83 Å². The summed E-state index contributed by atoms with van der Waals surface area (Å²) in [5, 5.41) is 0. The van der Waals surface area contributed by atoms with Gasteiger partial charge in [0.05, 0.1) is 17.6 Å². The summed E-state index contributed by atoms with van der Waals surface area (Å²) >= 11 is 0. The second kappa shape index (κ2) is 8.48. The molecule has 0 amide bonds. The van der Waals surface area contributed by atoms with Crippen LogP contribution in [-0.2, 0) is 12.8 Å². The van der Waals surface area contributed by atoms with Crippen LogP contribution in [-0.4, -0.2) is 23.1 Å². The fourth-order valence-corrected chi connectivity index (χ4v) is 7.40. The minimum Gasteiger partial charge on any atom is -0.371 e. The molecule has 4 heteroatoms. The molecule has 4 nitrogen and oxygen atoms in total. The molecule has 1 unspecified atom stereocenters. The second-order valence-corrected chi connectivity index (χ2v) is 12.0. The standard InChI is InChI=1S/C33H34N4/c1-33(2)20-26(30(34-3)32-35-28-10-4-5-11-29(28)36-32)19-25-16-21(12-13-27(25)33)24-17-22-8-6-14-37-15-7-9-23(18-24)31(22)37/h4-5,10-11,16-19,27H,6-9,12-15,20H2,1-2H3,(H,35,36)/b30-26+. The summed E-state index contributed by atoms with van der Waals surface area (Å²) in [5.41, 5.74) is 12.7. The maximum Gasteiger partial charge on any atom is 0.231 e. The Balaban J connectivity index is 1.32. The molecule has 0 spiro atoms. The van der Waals surface area contributed by atoms with E-state index in [1.165, 1.54) is 61.9 Å². The van der Waals surface area contributed by atoms with Gasteiger partial charge in [-0.2, -0.15) is 0 Å². The number of nitrogens with one attached hydrogen (secondary N) is 1. The van der Waals surface area contributed by atoms with Gasteiger partial charge in [0, 0.05) is 18.8 Å². The van der Waals surface area contributed by atoms with Crippen LogP contribution in [0.15, 0.2) is 59.7 Å². The molecule has 0 saturated heterocycles. The average Bonchev–Trinajstić information content (AvgIpc) is 3.32. The molecule has 7 rings (SSSR count). The van der Waals surface area contributed by atoms with Crippen LogP contribution in [0, 0.1) is 17.9 Å². The Kier molecular flexibility index (Phi) is 5.18. The van der Waals surface area contributed by atoms with Crippen LogP contribution in [0.2, 0.25) is 0 Å². The fraction of sp³-hybridized carbons (Fsp3) is 0.394. The summed E-state index contributed by atoms with van der Waals surface area (Å²) in [7, 11) is 0. The molecule has 3 aromatic rings. The lowest BCUT2D eigenvalue weighted by Crippen LogP contribution is -2.34. The van der Waals surface area contributed by atoms with Crippen molar-refractivity contribution in [3.63, 3.8) is 0 Å². The minimum absolute atomic E-state index is 0.103. The number of imidazole rings is 1. The summed E-state index contributed by atoms with van der Waals surface area (Å²) in [5.74, 6) is 1.21. The second-order valence-electron chi connectivity index (χ2n) is 12.0. The molecule has 2 aromatic carbocycles. The van der Waals surface area contributed by atoms with E-state index >= 15 is 0 Å². The van der Waals surface area contributed by atoms with Crippen LogP contribution >= 0.6 is 0 Å². The highest BCUT2D eigenvalue weighted by Gasteiger charge is 2.38. The first kappa shape index (κ1) is 22.6. The largest absolute Gasteiger partial charge is 0.371 e. The number of anilines is 1. The molecular weight excluding hydrogens is 452 g/mol. The van der Waals surface area contributed by atoms with E-state index in [1.807, 2.05) is 24.3 Å². The van der Waals surface area contributed by atoms with Crippen LogP contribution < -0.4 is 4.90 Å². The van der Waals surface area contributed by atoms with E-state index in [0.717, 1.165) is 29.4 Å². The van der Waals surface area contributed by atoms with Gasteiger partial charge in [-0.05, 0) is 114 Å². The van der Waals surface area contributed by atoms with E-state index < -0.39 is 0 Å². The number of aromatic nitrogens is 2. The molecule has 2 aliphatic carbocycles. The quantitative estimate of drug-likeness (QED) is 0.376. The number of benzene rings is 2. The van der Waals surface area contributed by atoms with Crippen molar-refractivity contribution in [2.24, 2.45) is 11.3 Å². The van der Waals surface area contributed by atoms with Crippen molar-refractivity contribution >= 4 is 28.0 Å². The number of aryl methyl sites for hydroxylation is 2. The summed E-state index contributed by atoms with van der Waals surface area (Å²) in [6, 6.07) is 13.0. The third-order valence-electron chi connectivity index (χ3n) is 9.11. The smallest absolute Gasteiger partial charge is 0.231 e. The van der Waals surface area contributed by atoms with Crippen molar-refractivity contribution in [3.05, 3.63) is 93.6 Å². The zero-order chi connectivity index (χ0) is 25.1. The minimum atomic E-state index is 0.103. The molecule has 4 aliphatic rings. The van der Waals surface area contributed by atoms with Gasteiger partial charge in [0.15, 0.2) is 0 Å². The fourth-order valence-electron chi connectivity index (χ4n) is 7.40. The van der Waals surface area contributed by atoms with E-state index in [2.05, 4.69) is 52.9 Å². The van der Waals surface area contributed by atoms with Crippen molar-refractivity contribution in [1.29, 1.82) is 0 Å². The first-order chi connectivity index (χ1) is 18.0. The first-order valence-electron chi connectivity index (χ1n) is 13.9. The molecular formula is C33H34N4. The summed E-state index contributed by atoms with van der Waals surface area (Å²) in [6.45, 7) is 15.2. The summed E-state index contributed by atoms with van der Waals surface area (Å²) in [4.78, 5) is 14.8. The Hall–Kier alpha value is -3.58. The number of nitrogens with zero attached hydrogens (tertiary/aromatic N) is 3. The Bertz CT molecular complexity index is 1490. The first-order valence-corrected chi connectivity index (χ1v) is 13.9. The number of aromatic amines is 1. The maximum atomic E-state index is 8.06. The predicted molar refractivity (Wildman–Crippen MR) is 152 cm³/mol. The lowest BCUT2D eigenvalue weighted by Gasteiger charge is -2.42. The number of allylic oxidation sites excluding steroid dienone is 5. The van der Waals surface area contributed by atoms with Crippen LogP contribution in [0.3, 0.4) is 0 Å². The molecule has 0 bridgehead atoms. The van der Waals surface area contributed by atoms with Gasteiger partial charge in [0.25, 0.3) is 0 Å². The molecule has 0 fully saturated rings. The highest BCUT2D eigenvalue weighted by Crippen LogP contribution is 2.51. The molecule has 0 saturated carbocycles. The van der Waals surface area contributed by atoms with Crippen molar-refractivity contribution in [2.75, 3.05) is 18.0 Å². The summed E-state index contributed by atoms with van der Waals surface area (Å²) < 4.78 is 0. The number of hydrogen-bond donors (Lipinski definition) is 1.